The van der Waals surface area contributed by atoms with E-state index in [9.17, 15) is 9.59 Å². The Kier molecular flexibility index (Phi) is 6.90. The lowest BCUT2D eigenvalue weighted by Crippen LogP contribution is -2.50. The van der Waals surface area contributed by atoms with Gasteiger partial charge in [0.05, 0.1) is 6.61 Å². The molecule has 3 N–H and O–H groups in total. The number of ether oxygens (including phenoxy) is 1. The van der Waals surface area contributed by atoms with Crippen LogP contribution in [0, 0.1) is 5.92 Å². The molecule has 0 bridgehead atoms. The number of carbonyl (C=O) groups is 2. The van der Waals surface area contributed by atoms with Crippen LogP contribution in [0.25, 0.3) is 0 Å². The quantitative estimate of drug-likeness (QED) is 0.725. The van der Waals surface area contributed by atoms with E-state index in [4.69, 9.17) is 4.74 Å². The van der Waals surface area contributed by atoms with Gasteiger partial charge in [-0.3, -0.25) is 10.2 Å². The molecule has 0 radical (unpaired) electrons. The van der Waals surface area contributed by atoms with Crippen LogP contribution in [0.2, 0.25) is 0 Å². The van der Waals surface area contributed by atoms with E-state index in [1.807, 2.05) is 0 Å². The van der Waals surface area contributed by atoms with Gasteiger partial charge < -0.3 is 10.1 Å². The summed E-state index contributed by atoms with van der Waals surface area (Å²) < 4.78 is 5.57. The lowest BCUT2D eigenvalue weighted by Gasteiger charge is -2.22. The van der Waals surface area contributed by atoms with Crippen molar-refractivity contribution >= 4 is 11.9 Å². The summed E-state index contributed by atoms with van der Waals surface area (Å²) >= 11 is 0. The highest BCUT2D eigenvalue weighted by Crippen LogP contribution is 2.17. The number of rotatable bonds is 5. The number of urea groups is 1. The van der Waals surface area contributed by atoms with E-state index in [1.54, 1.807) is 24.3 Å². The fourth-order valence-electron chi connectivity index (χ4n) is 2.62. The third kappa shape index (κ3) is 6.10. The second-order valence-electron chi connectivity index (χ2n) is 6.62. The number of hydrogen-bond donors (Lipinski definition) is 3. The predicted octanol–water partition coefficient (Wildman–Crippen LogP) is 3.00. The summed E-state index contributed by atoms with van der Waals surface area (Å²) in [5.74, 6) is 0.812. The van der Waals surface area contributed by atoms with Crippen LogP contribution in [0.3, 0.4) is 0 Å². The van der Waals surface area contributed by atoms with Crippen LogP contribution in [0.1, 0.15) is 56.3 Å². The zero-order valence-corrected chi connectivity index (χ0v) is 14.4. The molecule has 1 saturated carbocycles. The highest BCUT2D eigenvalue weighted by atomic mass is 16.5. The number of carbonyl (C=O) groups excluding carboxylic acids is 2. The second-order valence-corrected chi connectivity index (χ2v) is 6.62. The summed E-state index contributed by atoms with van der Waals surface area (Å²) in [5.41, 5.74) is 5.28. The first-order valence-corrected chi connectivity index (χ1v) is 8.64. The standard InChI is InChI=1S/C18H27N3O3/c1-13(2)12-24-16-10-8-14(9-11-16)17(22)20-21-18(23)19-15-6-4-3-5-7-15/h8-11,13,15H,3-7,12H2,1-2H3,(H,20,22)(H2,19,21,23). The minimum absolute atomic E-state index is 0.202. The molecule has 6 heteroatoms. The van der Waals surface area contributed by atoms with Gasteiger partial charge >= 0.3 is 6.03 Å². The Morgan fingerprint density at radius 3 is 2.38 bits per heavy atom. The van der Waals surface area contributed by atoms with E-state index >= 15 is 0 Å². The van der Waals surface area contributed by atoms with Crippen molar-refractivity contribution in [2.75, 3.05) is 6.61 Å². The number of amides is 3. The summed E-state index contributed by atoms with van der Waals surface area (Å²) in [4.78, 5) is 23.8. The third-order valence-electron chi connectivity index (χ3n) is 3.93. The van der Waals surface area contributed by atoms with Gasteiger partial charge in [0.15, 0.2) is 0 Å². The fourth-order valence-corrected chi connectivity index (χ4v) is 2.62. The Bertz CT molecular complexity index is 537. The Labute approximate surface area is 143 Å². The molecule has 1 fully saturated rings. The third-order valence-corrected chi connectivity index (χ3v) is 3.93. The molecule has 0 aromatic heterocycles. The molecule has 0 atom stereocenters. The molecule has 0 aliphatic heterocycles. The van der Waals surface area contributed by atoms with Gasteiger partial charge in [0.2, 0.25) is 0 Å². The van der Waals surface area contributed by atoms with Crippen LogP contribution in [0.5, 0.6) is 5.75 Å². The fraction of sp³-hybridized carbons (Fsp3) is 0.556. The van der Waals surface area contributed by atoms with Gasteiger partial charge in [0.1, 0.15) is 5.75 Å². The number of hydrazine groups is 1. The summed E-state index contributed by atoms with van der Waals surface area (Å²) in [6.45, 7) is 4.78. The van der Waals surface area contributed by atoms with Gasteiger partial charge in [-0.1, -0.05) is 33.1 Å². The van der Waals surface area contributed by atoms with E-state index in [0.717, 1.165) is 31.4 Å². The molecule has 6 nitrogen and oxygen atoms in total. The number of nitrogens with one attached hydrogen (secondary N) is 3. The van der Waals surface area contributed by atoms with Gasteiger partial charge in [-0.15, -0.1) is 0 Å². The van der Waals surface area contributed by atoms with Gasteiger partial charge in [-0.05, 0) is 43.0 Å². The SMILES string of the molecule is CC(C)COc1ccc(C(=O)NNC(=O)NC2CCCCC2)cc1. The summed E-state index contributed by atoms with van der Waals surface area (Å²) in [6, 6.07) is 6.68. The number of hydrogen-bond acceptors (Lipinski definition) is 3. The molecule has 24 heavy (non-hydrogen) atoms. The van der Waals surface area contributed by atoms with Gasteiger partial charge in [0, 0.05) is 11.6 Å². The maximum Gasteiger partial charge on any atom is 0.333 e. The smallest absolute Gasteiger partial charge is 0.333 e. The zero-order chi connectivity index (χ0) is 17.4. The van der Waals surface area contributed by atoms with Crippen molar-refractivity contribution in [1.29, 1.82) is 0 Å². The lowest BCUT2D eigenvalue weighted by atomic mass is 9.96. The molecule has 0 saturated heterocycles. The molecule has 1 aliphatic rings. The first-order chi connectivity index (χ1) is 11.5. The molecular weight excluding hydrogens is 306 g/mol. The molecule has 0 heterocycles. The van der Waals surface area contributed by atoms with Gasteiger partial charge in [0.25, 0.3) is 5.91 Å². The van der Waals surface area contributed by atoms with Crippen molar-refractivity contribution < 1.29 is 14.3 Å². The molecule has 132 valence electrons. The second kappa shape index (κ2) is 9.15. The van der Waals surface area contributed by atoms with Crippen molar-refractivity contribution in [2.24, 2.45) is 5.92 Å². The molecule has 2 rings (SSSR count). The Balaban J connectivity index is 1.74. The van der Waals surface area contributed by atoms with Crippen LogP contribution in [-0.4, -0.2) is 24.6 Å². The van der Waals surface area contributed by atoms with Crippen molar-refractivity contribution in [2.45, 2.75) is 52.0 Å². The Morgan fingerprint density at radius 2 is 1.75 bits per heavy atom. The minimum atomic E-state index is -0.368. The van der Waals surface area contributed by atoms with Crippen LogP contribution in [-0.2, 0) is 0 Å². The highest BCUT2D eigenvalue weighted by Gasteiger charge is 2.16. The van der Waals surface area contributed by atoms with Crippen molar-refractivity contribution in [1.82, 2.24) is 16.2 Å². The summed E-state index contributed by atoms with van der Waals surface area (Å²) in [5, 5.41) is 2.88. The Hall–Kier alpha value is -2.24. The average molecular weight is 333 g/mol. The largest absolute Gasteiger partial charge is 0.493 e. The summed E-state index contributed by atoms with van der Waals surface area (Å²) in [7, 11) is 0. The van der Waals surface area contributed by atoms with E-state index in [2.05, 4.69) is 30.0 Å². The van der Waals surface area contributed by atoms with Crippen molar-refractivity contribution in [3.63, 3.8) is 0 Å². The molecule has 3 amide bonds. The monoisotopic (exact) mass is 333 g/mol. The predicted molar refractivity (Wildman–Crippen MR) is 92.8 cm³/mol. The van der Waals surface area contributed by atoms with E-state index < -0.39 is 0 Å². The molecule has 1 aromatic carbocycles. The topological polar surface area (TPSA) is 79.5 Å². The summed E-state index contributed by atoms with van der Waals surface area (Å²) in [6.07, 6.45) is 5.51. The minimum Gasteiger partial charge on any atom is -0.493 e. The Morgan fingerprint density at radius 1 is 1.08 bits per heavy atom. The van der Waals surface area contributed by atoms with Gasteiger partial charge in [-0.2, -0.15) is 0 Å². The molecule has 1 aliphatic carbocycles. The normalized spacial score (nSPS) is 15.0. The number of benzene rings is 1. The van der Waals surface area contributed by atoms with Crippen molar-refractivity contribution in [3.8, 4) is 5.75 Å². The van der Waals surface area contributed by atoms with E-state index in [1.165, 1.54) is 6.42 Å². The highest BCUT2D eigenvalue weighted by molar-refractivity contribution is 5.95. The average Bonchev–Trinajstić information content (AvgIpc) is 2.59. The molecule has 0 spiro atoms. The van der Waals surface area contributed by atoms with Crippen LogP contribution in [0.15, 0.2) is 24.3 Å². The molecular formula is C18H27N3O3. The van der Waals surface area contributed by atoms with Crippen LogP contribution in [0.4, 0.5) is 4.79 Å². The molecule has 1 aromatic rings. The maximum atomic E-state index is 12.0. The first-order valence-electron chi connectivity index (χ1n) is 8.64. The van der Waals surface area contributed by atoms with Gasteiger partial charge in [-0.25, -0.2) is 10.2 Å². The first kappa shape index (κ1) is 18.1. The molecule has 0 unspecified atom stereocenters. The van der Waals surface area contributed by atoms with Crippen LogP contribution < -0.4 is 20.9 Å². The zero-order valence-electron chi connectivity index (χ0n) is 14.4. The lowest BCUT2D eigenvalue weighted by molar-refractivity contribution is 0.0935. The van der Waals surface area contributed by atoms with E-state index in [-0.39, 0.29) is 18.0 Å². The van der Waals surface area contributed by atoms with E-state index in [0.29, 0.717) is 18.1 Å². The van der Waals surface area contributed by atoms with Crippen LogP contribution >= 0.6 is 0 Å². The van der Waals surface area contributed by atoms with Crippen molar-refractivity contribution in [3.05, 3.63) is 29.8 Å². The maximum absolute atomic E-state index is 12.0.